The molecule has 2 rings (SSSR count). The highest BCUT2D eigenvalue weighted by Gasteiger charge is 2.24. The van der Waals surface area contributed by atoms with Crippen LogP contribution < -0.4 is 10.5 Å². The molecule has 17 heavy (non-hydrogen) atoms. The molecule has 1 aliphatic heterocycles. The van der Waals surface area contributed by atoms with Crippen LogP contribution in [0.25, 0.3) is 0 Å². The summed E-state index contributed by atoms with van der Waals surface area (Å²) in [7, 11) is 1.43. The van der Waals surface area contributed by atoms with Crippen LogP contribution in [-0.4, -0.2) is 33.0 Å². The van der Waals surface area contributed by atoms with E-state index in [0.717, 1.165) is 0 Å². The highest BCUT2D eigenvalue weighted by molar-refractivity contribution is 5.31. The van der Waals surface area contributed by atoms with E-state index in [1.807, 2.05) is 0 Å². The van der Waals surface area contributed by atoms with Crippen molar-refractivity contribution in [2.24, 2.45) is 5.73 Å². The second kappa shape index (κ2) is 5.44. The van der Waals surface area contributed by atoms with E-state index in [1.165, 1.54) is 13.2 Å². The Hall–Kier alpha value is -1.17. The molecule has 0 saturated carbocycles. The third kappa shape index (κ3) is 2.74. The van der Waals surface area contributed by atoms with Gasteiger partial charge in [-0.15, -0.1) is 0 Å². The Labute approximate surface area is 99.5 Å². The molecule has 1 saturated heterocycles. The smallest absolute Gasteiger partial charge is 0.165 e. The Morgan fingerprint density at radius 3 is 2.88 bits per heavy atom. The molecule has 1 fully saturated rings. The van der Waals surface area contributed by atoms with Gasteiger partial charge in [0.25, 0.3) is 0 Å². The van der Waals surface area contributed by atoms with Crippen molar-refractivity contribution in [2.45, 2.75) is 12.1 Å². The van der Waals surface area contributed by atoms with Crippen LogP contribution in [0.5, 0.6) is 5.75 Å². The molecule has 0 radical (unpaired) electrons. The van der Waals surface area contributed by atoms with Gasteiger partial charge in [0.05, 0.1) is 33.0 Å². The molecule has 0 aromatic heterocycles. The number of hydrogen-bond donors (Lipinski definition) is 1. The zero-order chi connectivity index (χ0) is 12.3. The van der Waals surface area contributed by atoms with Crippen molar-refractivity contribution in [3.8, 4) is 5.75 Å². The second-order valence-electron chi connectivity index (χ2n) is 3.90. The molecule has 1 aliphatic rings. The average molecular weight is 241 g/mol. The van der Waals surface area contributed by atoms with Gasteiger partial charge in [-0.05, 0) is 17.7 Å². The summed E-state index contributed by atoms with van der Waals surface area (Å²) in [4.78, 5) is 0. The summed E-state index contributed by atoms with van der Waals surface area (Å²) >= 11 is 0. The highest BCUT2D eigenvalue weighted by atomic mass is 19.1. The minimum atomic E-state index is -0.419. The molecule has 2 atom stereocenters. The number of rotatable bonds is 3. The second-order valence-corrected chi connectivity index (χ2v) is 3.90. The van der Waals surface area contributed by atoms with Crippen molar-refractivity contribution in [2.75, 3.05) is 26.9 Å². The summed E-state index contributed by atoms with van der Waals surface area (Å²) in [6.07, 6.45) is -0.225. The van der Waals surface area contributed by atoms with Crippen LogP contribution in [0.15, 0.2) is 18.2 Å². The standard InChI is InChI=1S/C12H16FNO3/c1-15-10-3-2-8(6-9(10)13)12(14)11-7-16-4-5-17-11/h2-3,6,11-12H,4-5,7,14H2,1H3. The lowest BCUT2D eigenvalue weighted by molar-refractivity contribution is -0.0975. The van der Waals surface area contributed by atoms with E-state index in [-0.39, 0.29) is 11.9 Å². The molecule has 5 heteroatoms. The minimum Gasteiger partial charge on any atom is -0.494 e. The molecule has 4 nitrogen and oxygen atoms in total. The summed E-state index contributed by atoms with van der Waals surface area (Å²) < 4.78 is 29.1. The fourth-order valence-corrected chi connectivity index (χ4v) is 1.82. The van der Waals surface area contributed by atoms with Crippen molar-refractivity contribution in [3.05, 3.63) is 29.6 Å². The largest absolute Gasteiger partial charge is 0.494 e. The molecule has 2 N–H and O–H groups in total. The van der Waals surface area contributed by atoms with Crippen LogP contribution in [0.1, 0.15) is 11.6 Å². The van der Waals surface area contributed by atoms with Gasteiger partial charge in [0.1, 0.15) is 6.10 Å². The lowest BCUT2D eigenvalue weighted by Crippen LogP contribution is -2.37. The number of ether oxygens (including phenoxy) is 3. The molecule has 1 aromatic rings. The van der Waals surface area contributed by atoms with E-state index < -0.39 is 11.9 Å². The Kier molecular flexibility index (Phi) is 3.93. The average Bonchev–Trinajstić information content (AvgIpc) is 2.39. The van der Waals surface area contributed by atoms with E-state index >= 15 is 0 Å². The maximum atomic E-state index is 13.5. The molecule has 1 aromatic carbocycles. The van der Waals surface area contributed by atoms with Crippen molar-refractivity contribution in [1.82, 2.24) is 0 Å². The maximum Gasteiger partial charge on any atom is 0.165 e. The Morgan fingerprint density at radius 1 is 1.47 bits per heavy atom. The van der Waals surface area contributed by atoms with E-state index in [1.54, 1.807) is 12.1 Å². The van der Waals surface area contributed by atoms with Gasteiger partial charge in [-0.3, -0.25) is 0 Å². The van der Waals surface area contributed by atoms with Gasteiger partial charge >= 0.3 is 0 Å². The van der Waals surface area contributed by atoms with Gasteiger partial charge in [0, 0.05) is 0 Å². The number of methoxy groups -OCH3 is 1. The quantitative estimate of drug-likeness (QED) is 0.865. The van der Waals surface area contributed by atoms with E-state index in [2.05, 4.69) is 0 Å². The number of nitrogens with two attached hydrogens (primary N) is 1. The highest BCUT2D eigenvalue weighted by Crippen LogP contribution is 2.24. The van der Waals surface area contributed by atoms with Crippen LogP contribution in [0, 0.1) is 5.82 Å². The zero-order valence-electron chi connectivity index (χ0n) is 9.69. The van der Waals surface area contributed by atoms with Gasteiger partial charge in [0.2, 0.25) is 0 Å². The van der Waals surface area contributed by atoms with Crippen LogP contribution >= 0.6 is 0 Å². The van der Waals surface area contributed by atoms with Gasteiger partial charge < -0.3 is 19.9 Å². The summed E-state index contributed by atoms with van der Waals surface area (Å²) in [6, 6.07) is 4.29. The molecule has 0 spiro atoms. The first-order valence-electron chi connectivity index (χ1n) is 5.50. The zero-order valence-corrected chi connectivity index (χ0v) is 9.69. The first-order chi connectivity index (χ1) is 8.22. The molecular formula is C12H16FNO3. The van der Waals surface area contributed by atoms with Crippen molar-refractivity contribution >= 4 is 0 Å². The summed E-state index contributed by atoms with van der Waals surface area (Å²) in [5.74, 6) is -0.209. The van der Waals surface area contributed by atoms with E-state index in [9.17, 15) is 4.39 Å². The van der Waals surface area contributed by atoms with Crippen molar-refractivity contribution in [3.63, 3.8) is 0 Å². The molecule has 1 heterocycles. The molecule has 2 unspecified atom stereocenters. The molecule has 0 bridgehead atoms. The number of hydrogen-bond acceptors (Lipinski definition) is 4. The minimum absolute atomic E-state index is 0.210. The third-order valence-electron chi connectivity index (χ3n) is 2.80. The lowest BCUT2D eigenvalue weighted by Gasteiger charge is -2.28. The molecule has 0 amide bonds. The SMILES string of the molecule is COc1ccc(C(N)C2COCCO2)cc1F. The number of benzene rings is 1. The third-order valence-corrected chi connectivity index (χ3v) is 2.80. The summed E-state index contributed by atoms with van der Waals surface area (Å²) in [5.41, 5.74) is 6.70. The van der Waals surface area contributed by atoms with Gasteiger partial charge in [0.15, 0.2) is 11.6 Å². The molecular weight excluding hydrogens is 225 g/mol. The van der Waals surface area contributed by atoms with Crippen LogP contribution in [0.3, 0.4) is 0 Å². The predicted octanol–water partition coefficient (Wildman–Crippen LogP) is 1.25. The van der Waals surface area contributed by atoms with Crippen molar-refractivity contribution < 1.29 is 18.6 Å². The summed E-state index contributed by atoms with van der Waals surface area (Å²) in [5, 5.41) is 0. The maximum absolute atomic E-state index is 13.5. The Morgan fingerprint density at radius 2 is 2.29 bits per heavy atom. The monoisotopic (exact) mass is 241 g/mol. The van der Waals surface area contributed by atoms with Gasteiger partial charge in [-0.1, -0.05) is 6.07 Å². The molecule has 94 valence electrons. The first-order valence-corrected chi connectivity index (χ1v) is 5.50. The van der Waals surface area contributed by atoms with Crippen LogP contribution in [0.2, 0.25) is 0 Å². The number of halogens is 1. The van der Waals surface area contributed by atoms with Crippen molar-refractivity contribution in [1.29, 1.82) is 0 Å². The molecule has 0 aliphatic carbocycles. The summed E-state index contributed by atoms with van der Waals surface area (Å²) in [6.45, 7) is 1.55. The van der Waals surface area contributed by atoms with Gasteiger partial charge in [-0.25, -0.2) is 4.39 Å². The predicted molar refractivity (Wildman–Crippen MR) is 60.4 cm³/mol. The van der Waals surface area contributed by atoms with Crippen LogP contribution in [-0.2, 0) is 9.47 Å². The fraction of sp³-hybridized carbons (Fsp3) is 0.500. The lowest BCUT2D eigenvalue weighted by atomic mass is 10.0. The van der Waals surface area contributed by atoms with Gasteiger partial charge in [-0.2, -0.15) is 0 Å². The fourth-order valence-electron chi connectivity index (χ4n) is 1.82. The Balaban J connectivity index is 2.12. The Bertz CT molecular complexity index is 380. The first kappa shape index (κ1) is 12.3. The van der Waals surface area contributed by atoms with Crippen LogP contribution in [0.4, 0.5) is 4.39 Å². The normalized spacial score (nSPS) is 22.2. The van der Waals surface area contributed by atoms with E-state index in [0.29, 0.717) is 25.4 Å². The topological polar surface area (TPSA) is 53.7 Å². The van der Waals surface area contributed by atoms with E-state index in [4.69, 9.17) is 19.9 Å².